The van der Waals surface area contributed by atoms with Crippen molar-refractivity contribution in [3.8, 4) is 5.75 Å². The van der Waals surface area contributed by atoms with E-state index in [-0.39, 0.29) is 0 Å². The average Bonchev–Trinajstić information content (AvgIpc) is 3.33. The van der Waals surface area contributed by atoms with Crippen molar-refractivity contribution in [3.63, 3.8) is 0 Å². The summed E-state index contributed by atoms with van der Waals surface area (Å²) in [5.41, 5.74) is 8.73. The first-order valence-corrected chi connectivity index (χ1v) is 6.41. The van der Waals surface area contributed by atoms with E-state index >= 15 is 0 Å². The topological polar surface area (TPSA) is 18.5 Å². The van der Waals surface area contributed by atoms with E-state index in [9.17, 15) is 0 Å². The summed E-state index contributed by atoms with van der Waals surface area (Å²) in [5, 5.41) is 2.32. The monoisotopic (exact) mass is 250 g/mol. The molecule has 0 radical (unpaired) electrons. The van der Waals surface area contributed by atoms with Gasteiger partial charge in [-0.3, -0.25) is 0 Å². The summed E-state index contributed by atoms with van der Waals surface area (Å²) in [6.45, 7) is 2.18. The van der Waals surface area contributed by atoms with E-state index in [2.05, 4.69) is 30.9 Å². The molecule has 3 aliphatic rings. The number of benzene rings is 1. The molecule has 4 rings (SSSR count). The van der Waals surface area contributed by atoms with Gasteiger partial charge in [-0.15, -0.1) is 0 Å². The third-order valence-electron chi connectivity index (χ3n) is 4.15. The van der Waals surface area contributed by atoms with Gasteiger partial charge in [-0.1, -0.05) is 17.4 Å². The van der Waals surface area contributed by atoms with Crippen LogP contribution in [0.5, 0.6) is 5.75 Å². The Hall–Kier alpha value is -2.18. The molecule has 19 heavy (non-hydrogen) atoms. The Morgan fingerprint density at radius 3 is 2.63 bits per heavy atom. The van der Waals surface area contributed by atoms with Gasteiger partial charge in [-0.25, -0.2) is 0 Å². The van der Waals surface area contributed by atoms with Crippen molar-refractivity contribution >= 4 is 11.3 Å². The highest BCUT2D eigenvalue weighted by Gasteiger charge is 2.41. The fourth-order valence-electron chi connectivity index (χ4n) is 3.03. The molecule has 0 aliphatic heterocycles. The largest absolute Gasteiger partial charge is 0.500 e. The first-order valence-electron chi connectivity index (χ1n) is 6.41. The van der Waals surface area contributed by atoms with Crippen molar-refractivity contribution in [1.82, 2.24) is 0 Å². The second kappa shape index (κ2) is 3.43. The number of ether oxygens (including phenoxy) is 2. The predicted molar refractivity (Wildman–Crippen MR) is 74.0 cm³/mol. The standard InChI is InChI=1S/C17H14O2/c1-9-16-11(5-7-15(19-3)17(9)16)10-4-6-14(18-2)13-8-12(10)13/h4-7,17H,1-3H3/t17-/m0/s1. The second-order valence-electron chi connectivity index (χ2n) is 5.07. The molecule has 1 atom stereocenters. The quantitative estimate of drug-likeness (QED) is 0.824. The number of fused-ring (bicyclic) bond motifs is 2. The van der Waals surface area contributed by atoms with Gasteiger partial charge in [-0.2, -0.15) is 0 Å². The molecule has 0 N–H and O–H groups in total. The minimum absolute atomic E-state index is 0.404. The zero-order valence-corrected chi connectivity index (χ0v) is 11.2. The predicted octanol–water partition coefficient (Wildman–Crippen LogP) is 1.63. The molecule has 0 heterocycles. The van der Waals surface area contributed by atoms with Crippen LogP contribution < -0.4 is 15.2 Å². The zero-order chi connectivity index (χ0) is 13.1. The average molecular weight is 250 g/mol. The Bertz CT molecular complexity index is 831. The number of allylic oxidation sites excluding steroid dienone is 4. The van der Waals surface area contributed by atoms with Crippen LogP contribution in [0.15, 0.2) is 41.2 Å². The second-order valence-corrected chi connectivity index (χ2v) is 5.07. The highest BCUT2D eigenvalue weighted by Crippen LogP contribution is 2.53. The molecule has 0 saturated carbocycles. The molecular formula is C17H14O2. The third kappa shape index (κ3) is 1.32. The Balaban J connectivity index is 1.82. The van der Waals surface area contributed by atoms with E-state index in [0.29, 0.717) is 5.92 Å². The summed E-state index contributed by atoms with van der Waals surface area (Å²) in [6, 6.07) is 4.16. The fraction of sp³-hybridized carbons (Fsp3) is 0.235. The lowest BCUT2D eigenvalue weighted by Gasteiger charge is -2.13. The van der Waals surface area contributed by atoms with Crippen LogP contribution in [0.3, 0.4) is 0 Å². The number of methoxy groups -OCH3 is 2. The Morgan fingerprint density at radius 2 is 1.89 bits per heavy atom. The minimum atomic E-state index is 0.404. The Labute approximate surface area is 111 Å². The molecule has 1 aromatic rings. The smallest absolute Gasteiger partial charge is 0.135 e. The first kappa shape index (κ1) is 10.7. The molecule has 94 valence electrons. The van der Waals surface area contributed by atoms with Crippen LogP contribution in [0.25, 0.3) is 11.3 Å². The molecule has 0 amide bonds. The van der Waals surface area contributed by atoms with Gasteiger partial charge in [0.2, 0.25) is 0 Å². The van der Waals surface area contributed by atoms with Gasteiger partial charge in [0, 0.05) is 5.22 Å². The summed E-state index contributed by atoms with van der Waals surface area (Å²) < 4.78 is 10.7. The lowest BCUT2D eigenvalue weighted by molar-refractivity contribution is 0.273. The first-order chi connectivity index (χ1) is 9.26. The third-order valence-corrected chi connectivity index (χ3v) is 4.15. The molecule has 0 spiro atoms. The zero-order valence-electron chi connectivity index (χ0n) is 11.2. The highest BCUT2D eigenvalue weighted by atomic mass is 16.5. The molecular weight excluding hydrogens is 236 g/mol. The van der Waals surface area contributed by atoms with Gasteiger partial charge in [0.15, 0.2) is 0 Å². The summed E-state index contributed by atoms with van der Waals surface area (Å²) >= 11 is 0. The molecule has 0 unspecified atom stereocenters. The van der Waals surface area contributed by atoms with Gasteiger partial charge in [0.1, 0.15) is 11.5 Å². The van der Waals surface area contributed by atoms with Gasteiger partial charge >= 0.3 is 0 Å². The Kier molecular flexibility index (Phi) is 1.94. The van der Waals surface area contributed by atoms with Crippen LogP contribution in [-0.2, 0) is 4.74 Å². The van der Waals surface area contributed by atoms with Crippen LogP contribution in [0.4, 0.5) is 0 Å². The van der Waals surface area contributed by atoms with Crippen LogP contribution in [0.2, 0.25) is 0 Å². The van der Waals surface area contributed by atoms with Crippen molar-refractivity contribution in [1.29, 1.82) is 0 Å². The van der Waals surface area contributed by atoms with Gasteiger partial charge in [-0.05, 0) is 41.8 Å². The van der Waals surface area contributed by atoms with Crippen LogP contribution in [-0.4, -0.2) is 14.2 Å². The number of rotatable bonds is 3. The van der Waals surface area contributed by atoms with Gasteiger partial charge < -0.3 is 9.47 Å². The molecule has 1 aromatic carbocycles. The van der Waals surface area contributed by atoms with E-state index in [4.69, 9.17) is 9.47 Å². The molecule has 2 heteroatoms. The summed E-state index contributed by atoms with van der Waals surface area (Å²) in [4.78, 5) is 0. The molecule has 0 saturated heterocycles. The van der Waals surface area contributed by atoms with Gasteiger partial charge in [0.25, 0.3) is 0 Å². The Morgan fingerprint density at radius 1 is 1.05 bits per heavy atom. The maximum absolute atomic E-state index is 5.42. The van der Waals surface area contributed by atoms with E-state index in [1.54, 1.807) is 14.2 Å². The fourth-order valence-corrected chi connectivity index (χ4v) is 3.03. The maximum atomic E-state index is 5.42. The van der Waals surface area contributed by atoms with Crippen LogP contribution in [0.1, 0.15) is 12.5 Å². The van der Waals surface area contributed by atoms with Crippen molar-refractivity contribution in [2.45, 2.75) is 6.92 Å². The normalized spacial score (nSPS) is 21.3. The SMILES string of the molecule is COC1=CC=C(c2ccc(OC)c3c2=C=3)C2=C(C)[C@@H]12. The van der Waals surface area contributed by atoms with Crippen molar-refractivity contribution in [2.24, 2.45) is 5.92 Å². The van der Waals surface area contributed by atoms with Crippen molar-refractivity contribution in [2.75, 3.05) is 14.2 Å². The van der Waals surface area contributed by atoms with Crippen molar-refractivity contribution in [3.05, 3.63) is 57.2 Å². The maximum Gasteiger partial charge on any atom is 0.135 e. The highest BCUT2D eigenvalue weighted by molar-refractivity contribution is 5.91. The lowest BCUT2D eigenvalue weighted by Crippen LogP contribution is -2.15. The number of hydrogen-bond acceptors (Lipinski definition) is 2. The van der Waals surface area contributed by atoms with Crippen molar-refractivity contribution < 1.29 is 9.47 Å². The van der Waals surface area contributed by atoms with E-state index in [1.165, 1.54) is 27.5 Å². The van der Waals surface area contributed by atoms with E-state index in [0.717, 1.165) is 16.7 Å². The van der Waals surface area contributed by atoms with Gasteiger partial charge in [0.05, 0.1) is 25.4 Å². The van der Waals surface area contributed by atoms with Crippen LogP contribution in [0, 0.1) is 5.92 Å². The van der Waals surface area contributed by atoms with E-state index in [1.807, 2.05) is 6.07 Å². The lowest BCUT2D eigenvalue weighted by atomic mass is 9.96. The summed E-state index contributed by atoms with van der Waals surface area (Å²) in [7, 11) is 3.44. The van der Waals surface area contributed by atoms with E-state index < -0.39 is 0 Å². The molecule has 2 nitrogen and oxygen atoms in total. The molecule has 0 aromatic heterocycles. The molecule has 0 bridgehead atoms. The minimum Gasteiger partial charge on any atom is -0.500 e. The number of hydrogen-bond donors (Lipinski definition) is 0. The van der Waals surface area contributed by atoms with Crippen LogP contribution >= 0.6 is 0 Å². The molecule has 0 fully saturated rings. The summed E-state index contributed by atoms with van der Waals surface area (Å²) in [6.07, 6.45) is 4.24. The summed E-state index contributed by atoms with van der Waals surface area (Å²) in [5.74, 6) is 2.38. The molecule has 3 aliphatic carbocycles.